The van der Waals surface area contributed by atoms with Crippen LogP contribution >= 0.6 is 0 Å². The summed E-state index contributed by atoms with van der Waals surface area (Å²) in [4.78, 5) is 19.3. The van der Waals surface area contributed by atoms with Crippen LogP contribution in [0.2, 0.25) is 0 Å². The maximum atomic E-state index is 12.7. The number of benzene rings is 1. The number of aryl methyl sites for hydroxylation is 1. The molecule has 0 saturated heterocycles. The molecule has 2 N–H and O–H groups in total. The van der Waals surface area contributed by atoms with E-state index in [4.69, 9.17) is 4.74 Å². The van der Waals surface area contributed by atoms with Gasteiger partial charge in [-0.1, -0.05) is 6.07 Å². The molecule has 3 aromatic heterocycles. The van der Waals surface area contributed by atoms with Crippen LogP contribution in [0.4, 0.5) is 17.1 Å². The highest BCUT2D eigenvalue weighted by Crippen LogP contribution is 2.31. The standard InChI is InChI=1S/C23H27N7O2/c1-5-29(6-2)16-11-12-17(15(4)14-16)25-19-20(23(31)32-7-3)28-30-21(26-27-22(19)30)18-10-8-9-13-24-18/h8-14,25,28H,5-7H2,1-4H3. The van der Waals surface area contributed by atoms with Crippen molar-refractivity contribution < 1.29 is 9.53 Å². The molecule has 0 radical (unpaired) electrons. The van der Waals surface area contributed by atoms with Gasteiger partial charge in [0, 0.05) is 30.7 Å². The lowest BCUT2D eigenvalue weighted by Gasteiger charge is -2.22. The van der Waals surface area contributed by atoms with E-state index >= 15 is 0 Å². The molecular formula is C23H27N7O2. The van der Waals surface area contributed by atoms with Crippen LogP contribution in [-0.2, 0) is 4.74 Å². The summed E-state index contributed by atoms with van der Waals surface area (Å²) in [6.07, 6.45) is 1.69. The molecule has 0 atom stereocenters. The average molecular weight is 434 g/mol. The fourth-order valence-corrected chi connectivity index (χ4v) is 3.67. The van der Waals surface area contributed by atoms with Gasteiger partial charge in [-0.2, -0.15) is 0 Å². The lowest BCUT2D eigenvalue weighted by atomic mass is 10.1. The number of fused-ring (bicyclic) bond motifs is 1. The van der Waals surface area contributed by atoms with E-state index in [9.17, 15) is 4.79 Å². The summed E-state index contributed by atoms with van der Waals surface area (Å²) < 4.78 is 6.92. The van der Waals surface area contributed by atoms with Gasteiger partial charge in [0.15, 0.2) is 5.69 Å². The zero-order valence-electron chi connectivity index (χ0n) is 18.7. The minimum atomic E-state index is -0.468. The molecule has 32 heavy (non-hydrogen) atoms. The number of esters is 1. The molecule has 0 saturated carbocycles. The van der Waals surface area contributed by atoms with Crippen LogP contribution in [0.1, 0.15) is 36.8 Å². The van der Waals surface area contributed by atoms with Gasteiger partial charge >= 0.3 is 5.97 Å². The Balaban J connectivity index is 1.78. The molecule has 9 nitrogen and oxygen atoms in total. The molecule has 9 heteroatoms. The molecule has 0 unspecified atom stereocenters. The van der Waals surface area contributed by atoms with E-state index in [1.807, 2.05) is 31.2 Å². The Morgan fingerprint density at radius 3 is 2.62 bits per heavy atom. The number of pyridine rings is 1. The summed E-state index contributed by atoms with van der Waals surface area (Å²) in [5.74, 6) is 0.0395. The molecule has 0 aliphatic rings. The highest BCUT2D eigenvalue weighted by atomic mass is 16.5. The minimum Gasteiger partial charge on any atom is -0.461 e. The molecule has 1 aromatic carbocycles. The van der Waals surface area contributed by atoms with Gasteiger partial charge in [-0.05, 0) is 63.6 Å². The third-order valence-electron chi connectivity index (χ3n) is 5.33. The third-order valence-corrected chi connectivity index (χ3v) is 5.33. The fourth-order valence-electron chi connectivity index (χ4n) is 3.67. The van der Waals surface area contributed by atoms with Crippen LogP contribution in [0.3, 0.4) is 0 Å². The summed E-state index contributed by atoms with van der Waals surface area (Å²) >= 11 is 0. The van der Waals surface area contributed by atoms with Crippen LogP contribution in [-0.4, -0.2) is 50.5 Å². The first-order valence-corrected chi connectivity index (χ1v) is 10.8. The first-order valence-electron chi connectivity index (χ1n) is 10.8. The average Bonchev–Trinajstić information content (AvgIpc) is 3.37. The minimum absolute atomic E-state index is 0.266. The van der Waals surface area contributed by atoms with Crippen molar-refractivity contribution in [1.82, 2.24) is 24.8 Å². The Labute approximate surface area is 186 Å². The number of nitrogens with zero attached hydrogens (tertiary/aromatic N) is 5. The summed E-state index contributed by atoms with van der Waals surface area (Å²) in [5, 5.41) is 15.1. The molecule has 0 fully saturated rings. The number of rotatable bonds is 8. The Kier molecular flexibility index (Phi) is 6.07. The number of ether oxygens (including phenoxy) is 1. The predicted molar refractivity (Wildman–Crippen MR) is 125 cm³/mol. The third kappa shape index (κ3) is 3.89. The zero-order chi connectivity index (χ0) is 22.7. The van der Waals surface area contributed by atoms with Gasteiger partial charge in [0.1, 0.15) is 11.4 Å². The zero-order valence-corrected chi connectivity index (χ0v) is 18.7. The normalized spacial score (nSPS) is 11.0. The van der Waals surface area contributed by atoms with Crippen molar-refractivity contribution in [3.8, 4) is 11.5 Å². The van der Waals surface area contributed by atoms with Crippen LogP contribution in [0.15, 0.2) is 42.6 Å². The molecule has 0 aliphatic carbocycles. The van der Waals surface area contributed by atoms with Gasteiger partial charge in [-0.3, -0.25) is 10.1 Å². The van der Waals surface area contributed by atoms with E-state index in [1.54, 1.807) is 17.6 Å². The fraction of sp³-hybridized carbons (Fsp3) is 0.304. The lowest BCUT2D eigenvalue weighted by Crippen LogP contribution is -2.21. The van der Waals surface area contributed by atoms with E-state index in [2.05, 4.69) is 56.5 Å². The lowest BCUT2D eigenvalue weighted by molar-refractivity contribution is 0.0520. The van der Waals surface area contributed by atoms with Crippen molar-refractivity contribution in [2.24, 2.45) is 0 Å². The molecule has 0 aliphatic heterocycles. The molecule has 4 rings (SSSR count). The van der Waals surface area contributed by atoms with Crippen LogP contribution < -0.4 is 10.2 Å². The largest absolute Gasteiger partial charge is 0.461 e. The maximum Gasteiger partial charge on any atom is 0.358 e. The summed E-state index contributed by atoms with van der Waals surface area (Å²) in [5.41, 5.74) is 4.99. The highest BCUT2D eigenvalue weighted by molar-refractivity contribution is 5.99. The molecule has 0 spiro atoms. The van der Waals surface area contributed by atoms with Crippen molar-refractivity contribution in [1.29, 1.82) is 0 Å². The van der Waals surface area contributed by atoms with Crippen molar-refractivity contribution in [3.05, 3.63) is 53.9 Å². The van der Waals surface area contributed by atoms with Crippen molar-refractivity contribution >= 4 is 28.7 Å². The Bertz CT molecular complexity index is 1230. The summed E-state index contributed by atoms with van der Waals surface area (Å²) in [6, 6.07) is 11.8. The summed E-state index contributed by atoms with van der Waals surface area (Å²) in [6.45, 7) is 10.2. The van der Waals surface area contributed by atoms with Crippen LogP contribution in [0.25, 0.3) is 17.2 Å². The second-order valence-corrected chi connectivity index (χ2v) is 7.28. The molecule has 3 heterocycles. The number of H-pyrrole nitrogens is 1. The highest BCUT2D eigenvalue weighted by Gasteiger charge is 2.24. The quantitative estimate of drug-likeness (QED) is 0.402. The molecule has 0 bridgehead atoms. The predicted octanol–water partition coefficient (Wildman–Crippen LogP) is 4.19. The van der Waals surface area contributed by atoms with Crippen molar-refractivity contribution in [3.63, 3.8) is 0 Å². The molecular weight excluding hydrogens is 406 g/mol. The van der Waals surface area contributed by atoms with E-state index < -0.39 is 5.97 Å². The van der Waals surface area contributed by atoms with E-state index in [0.717, 1.165) is 30.0 Å². The smallest absolute Gasteiger partial charge is 0.358 e. The number of carbonyl (C=O) groups is 1. The second-order valence-electron chi connectivity index (χ2n) is 7.28. The van der Waals surface area contributed by atoms with Crippen LogP contribution in [0, 0.1) is 6.92 Å². The number of carbonyl (C=O) groups excluding carboxylic acids is 1. The molecule has 166 valence electrons. The van der Waals surface area contributed by atoms with Gasteiger partial charge in [0.25, 0.3) is 0 Å². The Morgan fingerprint density at radius 1 is 1.16 bits per heavy atom. The number of aromatic amines is 1. The maximum absolute atomic E-state index is 12.7. The van der Waals surface area contributed by atoms with Gasteiger partial charge < -0.3 is 15.0 Å². The number of hydrogen-bond donors (Lipinski definition) is 2. The monoisotopic (exact) mass is 433 g/mol. The van der Waals surface area contributed by atoms with Gasteiger partial charge in [0.05, 0.1) is 6.61 Å². The first-order chi connectivity index (χ1) is 15.6. The van der Waals surface area contributed by atoms with E-state index in [0.29, 0.717) is 22.9 Å². The topological polar surface area (TPSA) is 100 Å². The first kappa shape index (κ1) is 21.4. The summed E-state index contributed by atoms with van der Waals surface area (Å²) in [7, 11) is 0. The number of hydrogen-bond acceptors (Lipinski definition) is 7. The van der Waals surface area contributed by atoms with Gasteiger partial charge in [0.2, 0.25) is 11.5 Å². The van der Waals surface area contributed by atoms with E-state index in [-0.39, 0.29) is 12.3 Å². The second kappa shape index (κ2) is 9.09. The number of aromatic nitrogens is 5. The van der Waals surface area contributed by atoms with E-state index in [1.165, 1.54) is 0 Å². The Morgan fingerprint density at radius 2 is 1.97 bits per heavy atom. The molecule has 0 amide bonds. The van der Waals surface area contributed by atoms with Crippen molar-refractivity contribution in [2.75, 3.05) is 29.9 Å². The Hall–Kier alpha value is -3.88. The molecule has 4 aromatic rings. The van der Waals surface area contributed by atoms with Gasteiger partial charge in [-0.25, -0.2) is 9.31 Å². The van der Waals surface area contributed by atoms with Crippen LogP contribution in [0.5, 0.6) is 0 Å². The van der Waals surface area contributed by atoms with Crippen molar-refractivity contribution in [2.45, 2.75) is 27.7 Å². The van der Waals surface area contributed by atoms with Gasteiger partial charge in [-0.15, -0.1) is 10.2 Å². The number of nitrogens with one attached hydrogen (secondary N) is 2. The SMILES string of the molecule is CCOC(=O)c1[nH]n2c(-c3ccccn3)nnc2c1Nc1ccc(N(CC)CC)cc1C. The number of anilines is 3.